The molecule has 0 saturated carbocycles. The topological polar surface area (TPSA) is 94.5 Å². The number of benzene rings is 2. The molecule has 0 radical (unpaired) electrons. The van der Waals surface area contributed by atoms with E-state index in [0.717, 1.165) is 30.8 Å². The molecule has 8 heteroatoms. The summed E-state index contributed by atoms with van der Waals surface area (Å²) in [6, 6.07) is 17.1. The van der Waals surface area contributed by atoms with Crippen molar-refractivity contribution in [1.29, 1.82) is 0 Å². The zero-order valence-electron chi connectivity index (χ0n) is 15.7. The lowest BCUT2D eigenvalue weighted by Crippen LogP contribution is -2.29. The fourth-order valence-corrected chi connectivity index (χ4v) is 4.04. The van der Waals surface area contributed by atoms with E-state index in [1.165, 1.54) is 12.1 Å². The summed E-state index contributed by atoms with van der Waals surface area (Å²) in [4.78, 5) is 24.2. The third-order valence-electron chi connectivity index (χ3n) is 5.31. The first-order valence-electron chi connectivity index (χ1n) is 9.40. The number of hydrogen-bond acceptors (Lipinski definition) is 5. The van der Waals surface area contributed by atoms with Gasteiger partial charge >= 0.3 is 0 Å². The van der Waals surface area contributed by atoms with E-state index in [2.05, 4.69) is 9.47 Å². The molecule has 1 aliphatic rings. The fourth-order valence-electron chi connectivity index (χ4n) is 4.04. The first-order valence-corrected chi connectivity index (χ1v) is 9.40. The van der Waals surface area contributed by atoms with Crippen molar-refractivity contribution in [3.05, 3.63) is 104 Å². The normalized spacial score (nSPS) is 16.8. The van der Waals surface area contributed by atoms with E-state index in [-0.39, 0.29) is 22.3 Å². The molecule has 0 unspecified atom stereocenters. The molecule has 0 bridgehead atoms. The van der Waals surface area contributed by atoms with Gasteiger partial charge in [-0.05, 0) is 24.1 Å². The average Bonchev–Trinajstić information content (AvgIpc) is 3.09. The number of para-hydroxylation sites is 1. The maximum atomic E-state index is 11.5. The van der Waals surface area contributed by atoms with Crippen LogP contribution < -0.4 is 0 Å². The Bertz CT molecular complexity index is 1060. The molecular weight excluding hydrogens is 372 g/mol. The second-order valence-electron chi connectivity index (χ2n) is 7.09. The van der Waals surface area contributed by atoms with Crippen LogP contribution in [0, 0.1) is 20.2 Å². The minimum absolute atomic E-state index is 0.0375. The summed E-state index contributed by atoms with van der Waals surface area (Å²) in [5.74, 6) is 0. The van der Waals surface area contributed by atoms with Crippen LogP contribution in [0.4, 0.5) is 11.4 Å². The quantitative estimate of drug-likeness (QED) is 0.477. The third kappa shape index (κ3) is 3.74. The van der Waals surface area contributed by atoms with Crippen LogP contribution in [0.3, 0.4) is 0 Å². The second-order valence-corrected chi connectivity index (χ2v) is 7.09. The molecule has 0 N–H and O–H groups in total. The molecular formula is C21H20N4O4. The molecule has 3 aromatic rings. The van der Waals surface area contributed by atoms with Crippen LogP contribution in [-0.4, -0.2) is 25.9 Å². The van der Waals surface area contributed by atoms with Crippen LogP contribution in [-0.2, 0) is 13.1 Å². The average molecular weight is 392 g/mol. The molecule has 0 spiro atoms. The van der Waals surface area contributed by atoms with Gasteiger partial charge < -0.3 is 4.57 Å². The highest BCUT2D eigenvalue weighted by atomic mass is 16.6. The molecule has 4 rings (SSSR count). The second kappa shape index (κ2) is 7.84. The molecule has 29 heavy (non-hydrogen) atoms. The van der Waals surface area contributed by atoms with Crippen molar-refractivity contribution >= 4 is 11.4 Å². The number of nitro benzene ring substituents is 2. The highest BCUT2D eigenvalue weighted by Gasteiger charge is 2.29. The van der Waals surface area contributed by atoms with Crippen molar-refractivity contribution in [2.45, 2.75) is 25.6 Å². The number of nitrogens with zero attached hydrogens (tertiary/aromatic N) is 4. The Morgan fingerprint density at radius 2 is 1.76 bits per heavy atom. The Morgan fingerprint density at radius 1 is 0.931 bits per heavy atom. The van der Waals surface area contributed by atoms with Crippen molar-refractivity contribution < 1.29 is 9.85 Å². The van der Waals surface area contributed by atoms with Crippen molar-refractivity contribution in [2.75, 3.05) is 6.54 Å². The monoisotopic (exact) mass is 392 g/mol. The summed E-state index contributed by atoms with van der Waals surface area (Å²) in [6.45, 7) is 1.94. The summed E-state index contributed by atoms with van der Waals surface area (Å²) >= 11 is 0. The Hall–Kier alpha value is -3.52. The first-order chi connectivity index (χ1) is 14.0. The Balaban J connectivity index is 1.79. The molecule has 2 aromatic carbocycles. The predicted octanol–water partition coefficient (Wildman–Crippen LogP) is 4.30. The molecule has 8 nitrogen and oxygen atoms in total. The maximum Gasteiger partial charge on any atom is 0.273 e. The molecule has 0 fully saturated rings. The van der Waals surface area contributed by atoms with Crippen LogP contribution in [0.2, 0.25) is 0 Å². The highest BCUT2D eigenvalue weighted by molar-refractivity contribution is 5.42. The van der Waals surface area contributed by atoms with Crippen LogP contribution in [0.15, 0.2) is 66.9 Å². The fraction of sp³-hybridized carbons (Fsp3) is 0.238. The van der Waals surface area contributed by atoms with E-state index in [1.807, 2.05) is 24.4 Å². The summed E-state index contributed by atoms with van der Waals surface area (Å²) in [7, 11) is 0. The molecule has 148 valence electrons. The van der Waals surface area contributed by atoms with Gasteiger partial charge in [0.05, 0.1) is 15.9 Å². The van der Waals surface area contributed by atoms with E-state index in [1.54, 1.807) is 30.3 Å². The Labute approximate surface area is 167 Å². The number of non-ortho nitro benzene ring substituents is 1. The zero-order valence-corrected chi connectivity index (χ0v) is 15.7. The predicted molar refractivity (Wildman–Crippen MR) is 107 cm³/mol. The third-order valence-corrected chi connectivity index (χ3v) is 5.31. The molecule has 1 atom stereocenters. The Kier molecular flexibility index (Phi) is 5.09. The van der Waals surface area contributed by atoms with Crippen molar-refractivity contribution in [1.82, 2.24) is 9.47 Å². The van der Waals surface area contributed by atoms with Gasteiger partial charge in [-0.15, -0.1) is 0 Å². The minimum atomic E-state index is -0.397. The van der Waals surface area contributed by atoms with E-state index < -0.39 is 4.92 Å². The van der Waals surface area contributed by atoms with Gasteiger partial charge in [0.25, 0.3) is 11.4 Å². The van der Waals surface area contributed by atoms with E-state index in [0.29, 0.717) is 12.1 Å². The number of aryl methyl sites for hydroxylation is 1. The summed E-state index contributed by atoms with van der Waals surface area (Å²) < 4.78 is 2.16. The number of aromatic nitrogens is 1. The molecule has 1 aliphatic heterocycles. The number of hydrogen-bond donors (Lipinski definition) is 0. The lowest BCUT2D eigenvalue weighted by molar-refractivity contribution is -0.385. The smallest absolute Gasteiger partial charge is 0.273 e. The minimum Gasteiger partial charge on any atom is -0.350 e. The van der Waals surface area contributed by atoms with Gasteiger partial charge in [0.2, 0.25) is 0 Å². The van der Waals surface area contributed by atoms with Gasteiger partial charge in [-0.2, -0.15) is 0 Å². The van der Waals surface area contributed by atoms with E-state index in [4.69, 9.17) is 0 Å². The van der Waals surface area contributed by atoms with Gasteiger partial charge in [-0.25, -0.2) is 0 Å². The largest absolute Gasteiger partial charge is 0.350 e. The van der Waals surface area contributed by atoms with Crippen LogP contribution >= 0.6 is 0 Å². The lowest BCUT2D eigenvalue weighted by atomic mass is 10.00. The number of nitro groups is 2. The lowest BCUT2D eigenvalue weighted by Gasteiger charge is -2.30. The Morgan fingerprint density at radius 3 is 2.55 bits per heavy atom. The molecule has 2 heterocycles. The van der Waals surface area contributed by atoms with Crippen LogP contribution in [0.5, 0.6) is 0 Å². The van der Waals surface area contributed by atoms with Gasteiger partial charge in [-0.1, -0.05) is 30.3 Å². The van der Waals surface area contributed by atoms with Gasteiger partial charge in [0.15, 0.2) is 0 Å². The van der Waals surface area contributed by atoms with Crippen molar-refractivity contribution in [2.24, 2.45) is 0 Å². The van der Waals surface area contributed by atoms with Gasteiger partial charge in [0, 0.05) is 55.3 Å². The van der Waals surface area contributed by atoms with Crippen LogP contribution in [0.1, 0.15) is 29.3 Å². The van der Waals surface area contributed by atoms with E-state index >= 15 is 0 Å². The first kappa shape index (κ1) is 18.8. The zero-order chi connectivity index (χ0) is 20.4. The molecule has 1 aromatic heterocycles. The molecule has 0 amide bonds. The van der Waals surface area contributed by atoms with Gasteiger partial charge in [0.1, 0.15) is 0 Å². The maximum absolute atomic E-state index is 11.5. The van der Waals surface area contributed by atoms with E-state index in [9.17, 15) is 20.2 Å². The number of rotatable bonds is 5. The van der Waals surface area contributed by atoms with Crippen molar-refractivity contribution in [3.63, 3.8) is 0 Å². The van der Waals surface area contributed by atoms with Crippen molar-refractivity contribution in [3.8, 4) is 0 Å². The number of fused-ring (bicyclic) bond motifs is 1. The molecule has 0 saturated heterocycles. The SMILES string of the molecule is O=[N+]([O-])c1cccc([C@@H]2c3cccn3CCCN2Cc2ccccc2[N+](=O)[O-])c1. The van der Waals surface area contributed by atoms with Gasteiger partial charge in [-0.3, -0.25) is 25.1 Å². The highest BCUT2D eigenvalue weighted by Crippen LogP contribution is 2.35. The summed E-state index contributed by atoms with van der Waals surface area (Å²) in [5.41, 5.74) is 2.59. The summed E-state index contributed by atoms with van der Waals surface area (Å²) in [5, 5.41) is 22.8. The molecule has 0 aliphatic carbocycles. The standard InChI is InChI=1S/C21H20N4O4/c26-24(27)18-8-3-7-16(14-18)21-20-10-4-11-22(20)12-5-13-23(21)15-17-6-1-2-9-19(17)25(28)29/h1-4,6-11,14,21H,5,12-13,15H2/t21-/m1/s1. The summed E-state index contributed by atoms with van der Waals surface area (Å²) in [6.07, 6.45) is 2.89. The van der Waals surface area contributed by atoms with Crippen LogP contribution in [0.25, 0.3) is 0 Å².